The van der Waals surface area contributed by atoms with E-state index in [2.05, 4.69) is 32.1 Å². The number of aromatic amines is 1. The van der Waals surface area contributed by atoms with Gasteiger partial charge in [0.2, 0.25) is 6.79 Å². The van der Waals surface area contributed by atoms with Crippen LogP contribution in [0.1, 0.15) is 40.5 Å². The Hall–Kier alpha value is -2.54. The molecule has 146 valence electrons. The van der Waals surface area contributed by atoms with Crippen LogP contribution in [0.4, 0.5) is 0 Å². The zero-order valence-electron chi connectivity index (χ0n) is 15.9. The fourth-order valence-corrected chi connectivity index (χ4v) is 5.77. The predicted octanol–water partition coefficient (Wildman–Crippen LogP) is 2.15. The number of aryl methyl sites for hydroxylation is 1. The van der Waals surface area contributed by atoms with Crippen molar-refractivity contribution >= 4 is 5.91 Å². The van der Waals surface area contributed by atoms with Crippen LogP contribution in [-0.4, -0.2) is 64.4 Å². The van der Waals surface area contributed by atoms with E-state index >= 15 is 0 Å². The lowest BCUT2D eigenvalue weighted by molar-refractivity contribution is -0.00359. The maximum absolute atomic E-state index is 13.3. The van der Waals surface area contributed by atoms with Gasteiger partial charge in [-0.3, -0.25) is 14.8 Å². The summed E-state index contributed by atoms with van der Waals surface area (Å²) in [4.78, 5) is 18.0. The summed E-state index contributed by atoms with van der Waals surface area (Å²) in [6.07, 6.45) is 2.36. The number of H-pyrrole nitrogens is 1. The number of carbonyl (C=O) groups excluding carboxylic acids is 1. The Morgan fingerprint density at radius 2 is 1.96 bits per heavy atom. The molecule has 1 aromatic carbocycles. The van der Waals surface area contributed by atoms with Crippen LogP contribution >= 0.6 is 0 Å². The number of nitrogens with zero attached hydrogens (tertiary/aromatic N) is 3. The number of hydrogen-bond donors (Lipinski definition) is 1. The maximum Gasteiger partial charge on any atom is 0.274 e. The van der Waals surface area contributed by atoms with Gasteiger partial charge in [-0.2, -0.15) is 5.10 Å². The molecule has 0 unspecified atom stereocenters. The van der Waals surface area contributed by atoms with E-state index in [9.17, 15) is 4.79 Å². The molecule has 4 fully saturated rings. The summed E-state index contributed by atoms with van der Waals surface area (Å²) in [7, 11) is 0. The zero-order valence-corrected chi connectivity index (χ0v) is 15.9. The van der Waals surface area contributed by atoms with Gasteiger partial charge in [-0.1, -0.05) is 6.07 Å². The zero-order chi connectivity index (χ0) is 18.8. The van der Waals surface area contributed by atoms with E-state index in [0.717, 1.165) is 36.8 Å². The van der Waals surface area contributed by atoms with Crippen molar-refractivity contribution in [2.75, 3.05) is 26.4 Å². The second-order valence-electron chi connectivity index (χ2n) is 8.47. The fraction of sp³-hybridized carbons (Fsp3) is 0.524. The minimum atomic E-state index is 0.0522. The third kappa shape index (κ3) is 2.32. The number of nitrogens with one attached hydrogen (secondary N) is 1. The Kier molecular flexibility index (Phi) is 3.50. The molecule has 1 N–H and O–H groups in total. The van der Waals surface area contributed by atoms with E-state index in [1.165, 1.54) is 18.4 Å². The molecular weight excluding hydrogens is 356 g/mol. The standard InChI is InChI=1S/C21H24N4O3/c1-12-8-16(23-22-12)21(26)25-10-15(14-2-3-17-18(9-14)28-11-27-17)20-19(25)13-4-6-24(20)7-5-13/h2-3,8-9,13,15,19-20H,4-7,10-11H2,1H3,(H,22,23)/t15-,19-,20-/m1/s1. The van der Waals surface area contributed by atoms with Crippen LogP contribution in [0.25, 0.3) is 0 Å². The summed E-state index contributed by atoms with van der Waals surface area (Å²) < 4.78 is 11.1. The Labute approximate surface area is 163 Å². The van der Waals surface area contributed by atoms with Gasteiger partial charge in [-0.05, 0) is 62.5 Å². The van der Waals surface area contributed by atoms with E-state index in [1.807, 2.05) is 19.1 Å². The first-order valence-corrected chi connectivity index (χ1v) is 10.2. The molecule has 0 saturated carbocycles. The van der Waals surface area contributed by atoms with Crippen LogP contribution in [0.2, 0.25) is 0 Å². The Morgan fingerprint density at radius 3 is 2.75 bits per heavy atom. The quantitative estimate of drug-likeness (QED) is 0.865. The molecule has 2 bridgehead atoms. The SMILES string of the molecule is Cc1cc(C(=O)N2C[C@H](c3ccc4c(c3)OCO4)[C@@H]3[C@H]2C2CCN3CC2)n[nH]1. The first kappa shape index (κ1) is 16.4. The van der Waals surface area contributed by atoms with Gasteiger partial charge in [-0.15, -0.1) is 0 Å². The lowest BCUT2D eigenvalue weighted by Gasteiger charge is -2.51. The molecule has 5 aliphatic heterocycles. The highest BCUT2D eigenvalue weighted by atomic mass is 16.7. The van der Waals surface area contributed by atoms with E-state index in [-0.39, 0.29) is 24.7 Å². The van der Waals surface area contributed by atoms with Gasteiger partial charge in [0.15, 0.2) is 11.5 Å². The van der Waals surface area contributed by atoms with E-state index in [0.29, 0.717) is 17.7 Å². The highest BCUT2D eigenvalue weighted by Gasteiger charge is 2.55. The molecule has 1 amide bonds. The van der Waals surface area contributed by atoms with Crippen LogP contribution in [0.15, 0.2) is 24.3 Å². The normalized spacial score (nSPS) is 32.6. The van der Waals surface area contributed by atoms with Crippen molar-refractivity contribution in [1.82, 2.24) is 20.0 Å². The first-order valence-electron chi connectivity index (χ1n) is 10.2. The lowest BCUT2D eigenvalue weighted by Crippen LogP contribution is -2.60. The largest absolute Gasteiger partial charge is 0.454 e. The van der Waals surface area contributed by atoms with E-state index < -0.39 is 0 Å². The number of amides is 1. The van der Waals surface area contributed by atoms with Gasteiger partial charge >= 0.3 is 0 Å². The summed E-state index contributed by atoms with van der Waals surface area (Å²) in [6, 6.07) is 8.75. The van der Waals surface area contributed by atoms with Crippen molar-refractivity contribution in [2.45, 2.75) is 37.8 Å². The Bertz CT molecular complexity index is 933. The average Bonchev–Trinajstić information content (AvgIpc) is 3.46. The van der Waals surface area contributed by atoms with Crippen molar-refractivity contribution in [3.63, 3.8) is 0 Å². The van der Waals surface area contributed by atoms with Crippen LogP contribution in [0.5, 0.6) is 11.5 Å². The Morgan fingerprint density at radius 1 is 1.14 bits per heavy atom. The molecule has 4 saturated heterocycles. The number of likely N-dealkylation sites (tertiary alicyclic amines) is 1. The Balaban J connectivity index is 1.38. The molecule has 2 aromatic rings. The third-order valence-corrected chi connectivity index (χ3v) is 7.00. The van der Waals surface area contributed by atoms with Crippen molar-refractivity contribution in [2.24, 2.45) is 5.92 Å². The average molecular weight is 380 g/mol. The number of fused-ring (bicyclic) bond motifs is 3. The summed E-state index contributed by atoms with van der Waals surface area (Å²) in [5.74, 6) is 2.54. The second kappa shape index (κ2) is 5.98. The van der Waals surface area contributed by atoms with E-state index in [1.54, 1.807) is 0 Å². The molecule has 1 aromatic heterocycles. The van der Waals surface area contributed by atoms with Gasteiger partial charge in [0.25, 0.3) is 5.91 Å². The van der Waals surface area contributed by atoms with E-state index in [4.69, 9.17) is 9.47 Å². The highest BCUT2D eigenvalue weighted by molar-refractivity contribution is 5.93. The molecule has 6 heterocycles. The number of rotatable bonds is 2. The van der Waals surface area contributed by atoms with Crippen LogP contribution < -0.4 is 9.47 Å². The maximum atomic E-state index is 13.3. The first-order chi connectivity index (χ1) is 13.7. The summed E-state index contributed by atoms with van der Waals surface area (Å²) in [5.41, 5.74) is 2.68. The molecule has 7 rings (SSSR count). The fourth-order valence-electron chi connectivity index (χ4n) is 5.77. The summed E-state index contributed by atoms with van der Waals surface area (Å²) in [5, 5.41) is 7.15. The van der Waals surface area contributed by atoms with Crippen LogP contribution in [0.3, 0.4) is 0 Å². The molecule has 0 aliphatic carbocycles. The summed E-state index contributed by atoms with van der Waals surface area (Å²) >= 11 is 0. The van der Waals surface area contributed by atoms with Gasteiger partial charge in [0.05, 0.1) is 6.04 Å². The molecule has 7 heteroatoms. The molecule has 0 spiro atoms. The number of piperidine rings is 3. The van der Waals surface area contributed by atoms with Gasteiger partial charge < -0.3 is 14.4 Å². The van der Waals surface area contributed by atoms with Gasteiger partial charge in [0.1, 0.15) is 5.69 Å². The molecule has 3 atom stereocenters. The molecule has 7 nitrogen and oxygen atoms in total. The third-order valence-electron chi connectivity index (χ3n) is 7.00. The van der Waals surface area contributed by atoms with Crippen molar-refractivity contribution in [3.8, 4) is 11.5 Å². The molecule has 5 aliphatic rings. The predicted molar refractivity (Wildman–Crippen MR) is 102 cm³/mol. The second-order valence-corrected chi connectivity index (χ2v) is 8.47. The van der Waals surface area contributed by atoms with Crippen LogP contribution in [0, 0.1) is 12.8 Å². The summed E-state index contributed by atoms with van der Waals surface area (Å²) in [6.45, 7) is 5.21. The number of ether oxygens (including phenoxy) is 2. The topological polar surface area (TPSA) is 70.7 Å². The van der Waals surface area contributed by atoms with Crippen molar-refractivity contribution in [3.05, 3.63) is 41.2 Å². The van der Waals surface area contributed by atoms with Crippen LogP contribution in [-0.2, 0) is 0 Å². The number of aromatic nitrogens is 2. The number of benzene rings is 1. The monoisotopic (exact) mass is 380 g/mol. The number of carbonyl (C=O) groups is 1. The van der Waals surface area contributed by atoms with Gasteiger partial charge in [0, 0.05) is 24.2 Å². The van der Waals surface area contributed by atoms with Crippen molar-refractivity contribution in [1.29, 1.82) is 0 Å². The minimum absolute atomic E-state index is 0.0522. The number of hydrogen-bond acceptors (Lipinski definition) is 5. The van der Waals surface area contributed by atoms with Gasteiger partial charge in [-0.25, -0.2) is 0 Å². The molecular formula is C21H24N4O3. The lowest BCUT2D eigenvalue weighted by atomic mass is 9.75. The minimum Gasteiger partial charge on any atom is -0.454 e. The highest BCUT2D eigenvalue weighted by Crippen LogP contribution is 2.48. The molecule has 28 heavy (non-hydrogen) atoms. The van der Waals surface area contributed by atoms with Crippen molar-refractivity contribution < 1.29 is 14.3 Å². The smallest absolute Gasteiger partial charge is 0.274 e. The molecule has 0 radical (unpaired) electrons.